The van der Waals surface area contributed by atoms with Crippen molar-refractivity contribution in [1.29, 1.82) is 0 Å². The first kappa shape index (κ1) is 20.3. The molecule has 0 bridgehead atoms. The van der Waals surface area contributed by atoms with E-state index >= 15 is 0 Å². The Morgan fingerprint density at radius 2 is 1.89 bits per heavy atom. The van der Waals surface area contributed by atoms with Gasteiger partial charge in [-0.25, -0.2) is 0 Å². The minimum absolute atomic E-state index is 0.211. The van der Waals surface area contributed by atoms with Crippen LogP contribution in [0.3, 0.4) is 0 Å². The zero-order valence-electron chi connectivity index (χ0n) is 15.8. The van der Waals surface area contributed by atoms with Crippen LogP contribution in [0.2, 0.25) is 0 Å². The fourth-order valence-corrected chi connectivity index (χ4v) is 3.18. The van der Waals surface area contributed by atoms with Crippen LogP contribution in [0.25, 0.3) is 11.3 Å². The molecule has 1 aliphatic heterocycles. The first-order valence-electron chi connectivity index (χ1n) is 8.80. The Balaban J connectivity index is 1.85. The van der Waals surface area contributed by atoms with Crippen molar-refractivity contribution in [2.24, 2.45) is 0 Å². The number of halogens is 3. The van der Waals surface area contributed by atoms with Crippen molar-refractivity contribution in [3.8, 4) is 17.0 Å². The van der Waals surface area contributed by atoms with Crippen LogP contribution in [-0.2, 0) is 10.9 Å². The highest BCUT2D eigenvalue weighted by molar-refractivity contribution is 5.71. The summed E-state index contributed by atoms with van der Waals surface area (Å²) in [6, 6.07) is 4.95. The van der Waals surface area contributed by atoms with Gasteiger partial charge in [0.1, 0.15) is 11.9 Å². The van der Waals surface area contributed by atoms with E-state index in [1.54, 1.807) is 26.0 Å². The fourth-order valence-electron chi connectivity index (χ4n) is 3.18. The van der Waals surface area contributed by atoms with Crippen LogP contribution in [0, 0.1) is 6.92 Å². The van der Waals surface area contributed by atoms with Gasteiger partial charge >= 0.3 is 6.18 Å². The van der Waals surface area contributed by atoms with Gasteiger partial charge in [0.15, 0.2) is 5.82 Å². The Kier molecular flexibility index (Phi) is 5.24. The molecule has 1 aromatic heterocycles. The summed E-state index contributed by atoms with van der Waals surface area (Å²) in [5.41, 5.74) is -1.18. The number of aromatic nitrogens is 2. The molecule has 2 heterocycles. The number of aryl methyl sites for hydroxylation is 1. The Labute approximate surface area is 160 Å². The highest BCUT2D eigenvalue weighted by Crippen LogP contribution is 2.38. The summed E-state index contributed by atoms with van der Waals surface area (Å²) >= 11 is 0. The molecule has 0 radical (unpaired) electrons. The fraction of sp³-hybridized carbons (Fsp3) is 0.474. The van der Waals surface area contributed by atoms with Gasteiger partial charge in [-0.1, -0.05) is 0 Å². The Morgan fingerprint density at radius 3 is 2.43 bits per heavy atom. The van der Waals surface area contributed by atoms with Crippen LogP contribution in [0.4, 0.5) is 19.0 Å². The van der Waals surface area contributed by atoms with E-state index in [-0.39, 0.29) is 22.9 Å². The molecule has 2 N–H and O–H groups in total. The van der Waals surface area contributed by atoms with Crippen LogP contribution in [0.15, 0.2) is 24.3 Å². The van der Waals surface area contributed by atoms with Crippen LogP contribution >= 0.6 is 0 Å². The number of alkyl halides is 3. The van der Waals surface area contributed by atoms with Crippen molar-refractivity contribution in [3.63, 3.8) is 0 Å². The molecule has 0 spiro atoms. The predicted octanol–water partition coefficient (Wildman–Crippen LogP) is 3.15. The molecule has 0 amide bonds. The molecule has 0 aliphatic carbocycles. The lowest BCUT2D eigenvalue weighted by Gasteiger charge is -2.38. The molecule has 1 fully saturated rings. The molecular formula is C19H22F3N3O3. The molecule has 1 saturated heterocycles. The molecule has 0 saturated carbocycles. The summed E-state index contributed by atoms with van der Waals surface area (Å²) in [5, 5.41) is 28.5. The van der Waals surface area contributed by atoms with Gasteiger partial charge < -0.3 is 19.8 Å². The zero-order chi connectivity index (χ0) is 20.7. The van der Waals surface area contributed by atoms with Crippen molar-refractivity contribution >= 4 is 5.82 Å². The van der Waals surface area contributed by atoms with E-state index in [4.69, 9.17) is 4.74 Å². The van der Waals surface area contributed by atoms with E-state index < -0.39 is 23.1 Å². The molecule has 1 aliphatic rings. The number of rotatable bonds is 3. The first-order chi connectivity index (χ1) is 13.0. The number of aromatic hydroxyl groups is 1. The normalized spacial score (nSPS) is 18.4. The summed E-state index contributed by atoms with van der Waals surface area (Å²) < 4.78 is 44.2. The lowest BCUT2D eigenvalue weighted by atomic mass is 10.00. The maximum atomic E-state index is 12.9. The van der Waals surface area contributed by atoms with Crippen molar-refractivity contribution in [3.05, 3.63) is 35.4 Å². The summed E-state index contributed by atoms with van der Waals surface area (Å²) in [4.78, 5) is 1.92. The minimum Gasteiger partial charge on any atom is -0.507 e. The topological polar surface area (TPSA) is 78.7 Å². The maximum absolute atomic E-state index is 12.9. The van der Waals surface area contributed by atoms with Crippen molar-refractivity contribution < 1.29 is 28.1 Å². The van der Waals surface area contributed by atoms with E-state index in [0.29, 0.717) is 31.6 Å². The van der Waals surface area contributed by atoms with Crippen LogP contribution in [0.5, 0.6) is 5.75 Å². The highest BCUT2D eigenvalue weighted by atomic mass is 19.4. The molecule has 1 aromatic carbocycles. The first-order valence-corrected chi connectivity index (χ1v) is 8.80. The third-order valence-corrected chi connectivity index (χ3v) is 4.73. The van der Waals surface area contributed by atoms with Gasteiger partial charge in [-0.2, -0.15) is 13.2 Å². The molecular weight excluding hydrogens is 375 g/mol. The van der Waals surface area contributed by atoms with Gasteiger partial charge in [-0.05, 0) is 50.6 Å². The molecule has 2 aromatic rings. The van der Waals surface area contributed by atoms with E-state index in [2.05, 4.69) is 10.2 Å². The monoisotopic (exact) mass is 397 g/mol. The number of benzene rings is 1. The van der Waals surface area contributed by atoms with Gasteiger partial charge in [-0.15, -0.1) is 10.2 Å². The summed E-state index contributed by atoms with van der Waals surface area (Å²) in [6.07, 6.45) is -4.92. The predicted molar refractivity (Wildman–Crippen MR) is 97.1 cm³/mol. The Hall–Kier alpha value is -2.39. The largest absolute Gasteiger partial charge is 0.507 e. The minimum atomic E-state index is -4.54. The van der Waals surface area contributed by atoms with Gasteiger partial charge in [0.25, 0.3) is 0 Å². The molecule has 1 unspecified atom stereocenters. The number of morpholine rings is 1. The second-order valence-corrected chi connectivity index (χ2v) is 7.42. The van der Waals surface area contributed by atoms with Crippen LogP contribution in [0.1, 0.15) is 25.0 Å². The second kappa shape index (κ2) is 7.21. The van der Waals surface area contributed by atoms with Crippen molar-refractivity contribution in [2.75, 3.05) is 24.6 Å². The van der Waals surface area contributed by atoms with Gasteiger partial charge in [0, 0.05) is 18.7 Å². The smallest absolute Gasteiger partial charge is 0.416 e. The number of phenols is 1. The maximum Gasteiger partial charge on any atom is 0.416 e. The zero-order valence-corrected chi connectivity index (χ0v) is 15.8. The van der Waals surface area contributed by atoms with Gasteiger partial charge in [0.2, 0.25) is 0 Å². The number of hydrogen-bond acceptors (Lipinski definition) is 6. The summed E-state index contributed by atoms with van der Waals surface area (Å²) in [6.45, 7) is 6.26. The van der Waals surface area contributed by atoms with Crippen LogP contribution in [-0.4, -0.2) is 51.8 Å². The van der Waals surface area contributed by atoms with Crippen molar-refractivity contribution in [2.45, 2.75) is 38.7 Å². The SMILES string of the molecule is Cc1cc(C(F)(F)F)cc(O)c1-c1ccc(N2CCOC(C(C)(C)O)C2)nn1. The average molecular weight is 397 g/mol. The van der Waals surface area contributed by atoms with E-state index in [1.807, 2.05) is 4.90 Å². The third kappa shape index (κ3) is 4.20. The molecule has 3 rings (SSSR count). The quantitative estimate of drug-likeness (QED) is 0.829. The van der Waals surface area contributed by atoms with Gasteiger partial charge in [0.05, 0.1) is 23.5 Å². The number of hydrogen-bond donors (Lipinski definition) is 2. The molecule has 1 atom stereocenters. The molecule has 28 heavy (non-hydrogen) atoms. The lowest BCUT2D eigenvalue weighted by molar-refractivity contribution is -0.137. The highest BCUT2D eigenvalue weighted by Gasteiger charge is 2.34. The summed E-state index contributed by atoms with van der Waals surface area (Å²) in [5.74, 6) is 0.0631. The van der Waals surface area contributed by atoms with Crippen molar-refractivity contribution in [1.82, 2.24) is 10.2 Å². The molecule has 152 valence electrons. The molecule has 6 nitrogen and oxygen atoms in total. The number of anilines is 1. The lowest BCUT2D eigenvalue weighted by Crippen LogP contribution is -2.52. The summed E-state index contributed by atoms with van der Waals surface area (Å²) in [7, 11) is 0. The van der Waals surface area contributed by atoms with E-state index in [0.717, 1.165) is 6.07 Å². The second-order valence-electron chi connectivity index (χ2n) is 7.42. The number of phenolic OH excluding ortho intramolecular Hbond substituents is 1. The number of aliphatic hydroxyl groups is 1. The standard InChI is InChI=1S/C19H22F3N3O3/c1-11-8-12(19(20,21)22)9-14(26)17(11)13-4-5-16(24-23-13)25-6-7-28-15(10-25)18(2,3)27/h4-5,8-9,15,26-27H,6-7,10H2,1-3H3. The van der Waals surface area contributed by atoms with E-state index in [1.165, 1.54) is 6.92 Å². The molecule has 9 heteroatoms. The Morgan fingerprint density at radius 1 is 1.18 bits per heavy atom. The van der Waals surface area contributed by atoms with Crippen LogP contribution < -0.4 is 4.90 Å². The Bertz CT molecular complexity index is 825. The number of nitrogens with zero attached hydrogens (tertiary/aromatic N) is 3. The third-order valence-electron chi connectivity index (χ3n) is 4.73. The van der Waals surface area contributed by atoms with Gasteiger partial charge in [-0.3, -0.25) is 0 Å². The van der Waals surface area contributed by atoms with E-state index in [9.17, 15) is 23.4 Å². The average Bonchev–Trinajstić information content (AvgIpc) is 2.60. The number of ether oxygens (including phenoxy) is 1.